The molecule has 0 spiro atoms. The van der Waals surface area contributed by atoms with Gasteiger partial charge in [0.2, 0.25) is 53.2 Å². The summed E-state index contributed by atoms with van der Waals surface area (Å²) >= 11 is 1.48. The first-order chi connectivity index (χ1) is 28.9. The molecule has 342 valence electrons. The number of hydrogen-bond acceptors (Lipinski definition) is 11. The Kier molecular flexibility index (Phi) is 24.8. The number of primary amides is 3. The van der Waals surface area contributed by atoms with Crippen LogP contribution in [0.1, 0.15) is 70.9 Å². The van der Waals surface area contributed by atoms with Gasteiger partial charge in [0.05, 0.1) is 12.6 Å². The topological polar surface area (TPSA) is 330 Å². The molecule has 6 atom stereocenters. The number of nitrogens with one attached hydrogen (secondary N) is 6. The Morgan fingerprint density at radius 2 is 1.02 bits per heavy atom. The van der Waals surface area contributed by atoms with E-state index in [0.29, 0.717) is 23.3 Å². The first-order valence-electron chi connectivity index (χ1n) is 19.9. The first-order valence-corrected chi connectivity index (χ1v) is 21.3. The van der Waals surface area contributed by atoms with Crippen molar-refractivity contribution >= 4 is 64.9 Å². The van der Waals surface area contributed by atoms with Crippen LogP contribution in [0, 0.1) is 5.92 Å². The molecule has 62 heavy (non-hydrogen) atoms. The predicted molar refractivity (Wildman–Crippen MR) is 236 cm³/mol. The molecule has 19 nitrogen and oxygen atoms in total. The molecular weight excluding hydrogens is 821 g/mol. The van der Waals surface area contributed by atoms with Crippen LogP contribution in [-0.2, 0) is 56.0 Å². The summed E-state index contributed by atoms with van der Waals surface area (Å²) in [7, 11) is 0. The van der Waals surface area contributed by atoms with E-state index in [1.165, 1.54) is 11.8 Å². The third-order valence-electron chi connectivity index (χ3n) is 9.23. The van der Waals surface area contributed by atoms with Crippen molar-refractivity contribution in [3.05, 3.63) is 71.8 Å². The number of amides is 9. The maximum absolute atomic E-state index is 14.1. The predicted octanol–water partition coefficient (Wildman–Crippen LogP) is -1.21. The second-order valence-electron chi connectivity index (χ2n) is 14.9. The second-order valence-corrected chi connectivity index (χ2v) is 15.9. The number of benzene rings is 2. The van der Waals surface area contributed by atoms with E-state index in [4.69, 9.17) is 22.9 Å². The quantitative estimate of drug-likeness (QED) is 0.0484. The summed E-state index contributed by atoms with van der Waals surface area (Å²) < 4.78 is 0. The van der Waals surface area contributed by atoms with Crippen LogP contribution in [0.25, 0.3) is 0 Å². The number of carbonyl (C=O) groups is 9. The van der Waals surface area contributed by atoms with E-state index in [-0.39, 0.29) is 58.3 Å². The van der Waals surface area contributed by atoms with Gasteiger partial charge in [-0.1, -0.05) is 81.9 Å². The molecule has 6 unspecified atom stereocenters. The van der Waals surface area contributed by atoms with E-state index in [1.54, 1.807) is 60.7 Å². The van der Waals surface area contributed by atoms with E-state index >= 15 is 0 Å². The van der Waals surface area contributed by atoms with Crippen LogP contribution in [0.15, 0.2) is 60.7 Å². The Hall–Kier alpha value is -6.02. The molecule has 0 aliphatic rings. The van der Waals surface area contributed by atoms with E-state index < -0.39 is 96.0 Å². The highest BCUT2D eigenvalue weighted by Crippen LogP contribution is 2.10. The van der Waals surface area contributed by atoms with Gasteiger partial charge in [-0.2, -0.15) is 11.8 Å². The molecule has 0 saturated heterocycles. The Morgan fingerprint density at radius 1 is 0.565 bits per heavy atom. The maximum Gasteiger partial charge on any atom is 0.243 e. The first kappa shape index (κ1) is 54.0. The Balaban J connectivity index is 0.0000192. The molecule has 0 aliphatic heterocycles. The molecule has 0 aromatic heterocycles. The van der Waals surface area contributed by atoms with Crippen molar-refractivity contribution in [1.82, 2.24) is 31.9 Å². The van der Waals surface area contributed by atoms with Crippen molar-refractivity contribution in [2.75, 3.05) is 18.6 Å². The highest BCUT2D eigenvalue weighted by molar-refractivity contribution is 7.98. The van der Waals surface area contributed by atoms with Gasteiger partial charge in [0.15, 0.2) is 0 Å². The van der Waals surface area contributed by atoms with Crippen molar-refractivity contribution in [3.63, 3.8) is 0 Å². The highest BCUT2D eigenvalue weighted by Gasteiger charge is 2.32. The maximum atomic E-state index is 14.1. The van der Waals surface area contributed by atoms with Crippen LogP contribution in [0.2, 0.25) is 0 Å². The fraction of sp³-hybridized carbons (Fsp3) is 0.500. The van der Waals surface area contributed by atoms with Crippen LogP contribution in [0.3, 0.4) is 0 Å². The van der Waals surface area contributed by atoms with Crippen LogP contribution >= 0.6 is 11.8 Å². The zero-order chi connectivity index (χ0) is 45.5. The van der Waals surface area contributed by atoms with Gasteiger partial charge in [0.25, 0.3) is 0 Å². The van der Waals surface area contributed by atoms with E-state index in [0.717, 1.165) is 0 Å². The monoisotopic (exact) mass is 884 g/mol. The zero-order valence-electron chi connectivity index (χ0n) is 34.8. The van der Waals surface area contributed by atoms with Gasteiger partial charge in [-0.15, -0.1) is 0 Å². The van der Waals surface area contributed by atoms with Gasteiger partial charge >= 0.3 is 0 Å². The van der Waals surface area contributed by atoms with E-state index in [2.05, 4.69) is 31.9 Å². The Labute approximate surface area is 367 Å². The summed E-state index contributed by atoms with van der Waals surface area (Å²) in [4.78, 5) is 116. The molecule has 0 fully saturated rings. The zero-order valence-corrected chi connectivity index (χ0v) is 35.6. The molecule has 9 amide bonds. The standard InChI is InChI=1S/C41H60N10O9S.CH4/c1-24(2)20-30(40(59)48-28(36(45)55)18-19-61-3)47-35(54)23-46-38(57)31(21-25-10-6-4-7-11-25)50-41(60)32(22-26-12-8-5-9-13-26)51-39(58)29(15-17-34(44)53)49-37(56)27(42)14-16-33(43)52;/h4-13,24,27-32H,14-23,42H2,1-3H3,(H2,43,52)(H2,44,53)(H2,45,55)(H,46,57)(H,47,54)(H,48,59)(H,49,56)(H,50,60)(H,51,58);1H4. The normalized spacial score (nSPS) is 13.6. The molecule has 14 N–H and O–H groups in total. The summed E-state index contributed by atoms with van der Waals surface area (Å²) in [6.45, 7) is 3.11. The molecule has 0 aliphatic carbocycles. The number of carbonyl (C=O) groups excluding carboxylic acids is 9. The van der Waals surface area contributed by atoms with Crippen LogP contribution in [0.4, 0.5) is 0 Å². The Bertz CT molecular complexity index is 1800. The van der Waals surface area contributed by atoms with Gasteiger partial charge in [-0.05, 0) is 54.7 Å². The van der Waals surface area contributed by atoms with Crippen molar-refractivity contribution in [2.45, 2.75) is 109 Å². The molecular formula is C42H64N10O9S. The molecule has 0 radical (unpaired) electrons. The smallest absolute Gasteiger partial charge is 0.243 e. The summed E-state index contributed by atoms with van der Waals surface area (Å²) in [5, 5.41) is 15.5. The SMILES string of the molecule is C.CSCCC(NC(=O)C(CC(C)C)NC(=O)CNC(=O)C(Cc1ccccc1)NC(=O)C(Cc1ccccc1)NC(=O)C(CCC(N)=O)NC(=O)C(N)CCC(N)=O)C(N)=O. The summed E-state index contributed by atoms with van der Waals surface area (Å²) in [6, 6.07) is 10.1. The molecule has 2 aromatic carbocycles. The minimum atomic E-state index is -1.38. The number of rotatable bonds is 28. The fourth-order valence-electron chi connectivity index (χ4n) is 5.96. The van der Waals surface area contributed by atoms with E-state index in [1.807, 2.05) is 20.1 Å². The van der Waals surface area contributed by atoms with Crippen LogP contribution in [0.5, 0.6) is 0 Å². The highest BCUT2D eigenvalue weighted by atomic mass is 32.2. The number of thioether (sulfide) groups is 1. The molecule has 0 saturated carbocycles. The van der Waals surface area contributed by atoms with Gasteiger partial charge in [0.1, 0.15) is 30.2 Å². The largest absolute Gasteiger partial charge is 0.370 e. The number of hydrogen-bond donors (Lipinski definition) is 10. The lowest BCUT2D eigenvalue weighted by molar-refractivity contribution is -0.134. The lowest BCUT2D eigenvalue weighted by Crippen LogP contribution is -2.59. The molecule has 2 rings (SSSR count). The average molecular weight is 885 g/mol. The third-order valence-corrected chi connectivity index (χ3v) is 9.88. The van der Waals surface area contributed by atoms with Gasteiger partial charge < -0.3 is 54.8 Å². The van der Waals surface area contributed by atoms with Crippen LogP contribution < -0.4 is 54.8 Å². The summed E-state index contributed by atoms with van der Waals surface area (Å²) in [6.07, 6.45) is 1.40. The minimum absolute atomic E-state index is 0. The average Bonchev–Trinajstić information content (AvgIpc) is 3.21. The molecule has 20 heteroatoms. The summed E-state index contributed by atoms with van der Waals surface area (Å²) in [5.41, 5.74) is 23.2. The Morgan fingerprint density at radius 3 is 1.50 bits per heavy atom. The number of nitrogens with two attached hydrogens (primary N) is 4. The van der Waals surface area contributed by atoms with E-state index in [9.17, 15) is 43.2 Å². The second kappa shape index (κ2) is 28.5. The van der Waals surface area contributed by atoms with Gasteiger partial charge in [0, 0.05) is 25.7 Å². The summed E-state index contributed by atoms with van der Waals surface area (Å²) in [5.74, 6) is -6.19. The van der Waals surface area contributed by atoms with Crippen LogP contribution in [-0.4, -0.2) is 108 Å². The molecule has 0 bridgehead atoms. The lowest BCUT2D eigenvalue weighted by Gasteiger charge is -2.26. The van der Waals surface area contributed by atoms with Gasteiger partial charge in [-0.3, -0.25) is 43.2 Å². The van der Waals surface area contributed by atoms with Crippen molar-refractivity contribution < 1.29 is 43.2 Å². The van der Waals surface area contributed by atoms with Crippen molar-refractivity contribution in [1.29, 1.82) is 0 Å². The molecule has 0 heterocycles. The van der Waals surface area contributed by atoms with Crippen molar-refractivity contribution in [2.24, 2.45) is 28.9 Å². The third kappa shape index (κ3) is 21.0. The molecule has 2 aromatic rings. The lowest BCUT2D eigenvalue weighted by atomic mass is 10.0. The minimum Gasteiger partial charge on any atom is -0.370 e. The van der Waals surface area contributed by atoms with Crippen molar-refractivity contribution in [3.8, 4) is 0 Å². The fourth-order valence-corrected chi connectivity index (χ4v) is 6.43. The van der Waals surface area contributed by atoms with Gasteiger partial charge in [-0.25, -0.2) is 0 Å².